The highest BCUT2D eigenvalue weighted by Crippen LogP contribution is 2.42. The summed E-state index contributed by atoms with van der Waals surface area (Å²) in [7, 11) is 1.56. The van der Waals surface area contributed by atoms with Crippen LogP contribution in [0.1, 0.15) is 22.7 Å². The summed E-state index contributed by atoms with van der Waals surface area (Å²) in [6.45, 7) is 1.84. The van der Waals surface area contributed by atoms with Crippen LogP contribution < -0.4 is 9.64 Å². The van der Waals surface area contributed by atoms with Gasteiger partial charge in [-0.2, -0.15) is 0 Å². The van der Waals surface area contributed by atoms with Gasteiger partial charge in [0.15, 0.2) is 0 Å². The Bertz CT molecular complexity index is 1210. The monoisotopic (exact) mass is 478 g/mol. The van der Waals surface area contributed by atoms with Crippen molar-refractivity contribution in [3.8, 4) is 5.75 Å². The van der Waals surface area contributed by atoms with Crippen LogP contribution in [0.5, 0.6) is 5.75 Å². The lowest BCUT2D eigenvalue weighted by Gasteiger charge is -2.25. The van der Waals surface area contributed by atoms with E-state index >= 15 is 0 Å². The largest absolute Gasteiger partial charge is 0.507 e. The van der Waals surface area contributed by atoms with Crippen LogP contribution in [0.2, 0.25) is 0 Å². The first kappa shape index (κ1) is 20.8. The minimum Gasteiger partial charge on any atom is -0.507 e. The molecule has 0 spiro atoms. The van der Waals surface area contributed by atoms with Crippen LogP contribution in [0.4, 0.5) is 5.69 Å². The van der Waals surface area contributed by atoms with Gasteiger partial charge >= 0.3 is 0 Å². The highest BCUT2D eigenvalue weighted by atomic mass is 79.9. The Morgan fingerprint density at radius 3 is 2.58 bits per heavy atom. The highest BCUT2D eigenvalue weighted by Gasteiger charge is 2.47. The molecule has 6 nitrogen and oxygen atoms in total. The fourth-order valence-electron chi connectivity index (χ4n) is 3.76. The zero-order valence-electron chi connectivity index (χ0n) is 16.9. The summed E-state index contributed by atoms with van der Waals surface area (Å²) >= 11 is 3.41. The van der Waals surface area contributed by atoms with E-state index in [2.05, 4.69) is 20.9 Å². The van der Waals surface area contributed by atoms with Gasteiger partial charge in [-0.1, -0.05) is 28.1 Å². The van der Waals surface area contributed by atoms with E-state index in [0.717, 1.165) is 10.0 Å². The first-order chi connectivity index (χ1) is 14.9. The summed E-state index contributed by atoms with van der Waals surface area (Å²) in [5.41, 5.74) is 2.40. The Morgan fingerprint density at radius 1 is 1.13 bits per heavy atom. The van der Waals surface area contributed by atoms with Gasteiger partial charge in [0.25, 0.3) is 11.7 Å². The summed E-state index contributed by atoms with van der Waals surface area (Å²) in [4.78, 5) is 31.7. The van der Waals surface area contributed by atoms with E-state index in [-0.39, 0.29) is 11.3 Å². The van der Waals surface area contributed by atoms with E-state index in [1.54, 1.807) is 68.0 Å². The molecule has 156 valence electrons. The van der Waals surface area contributed by atoms with E-state index in [1.807, 2.05) is 13.0 Å². The van der Waals surface area contributed by atoms with Crippen LogP contribution >= 0.6 is 15.9 Å². The summed E-state index contributed by atoms with van der Waals surface area (Å²) < 4.78 is 6.05. The summed E-state index contributed by atoms with van der Waals surface area (Å²) in [5, 5.41) is 11.2. The molecular weight excluding hydrogens is 460 g/mol. The maximum Gasteiger partial charge on any atom is 0.300 e. The molecule has 0 aliphatic carbocycles. The van der Waals surface area contributed by atoms with Crippen LogP contribution in [0.15, 0.2) is 77.0 Å². The minimum atomic E-state index is -0.814. The molecule has 2 aromatic carbocycles. The van der Waals surface area contributed by atoms with E-state index < -0.39 is 17.7 Å². The van der Waals surface area contributed by atoms with Crippen molar-refractivity contribution in [2.24, 2.45) is 0 Å². The number of anilines is 1. The zero-order chi connectivity index (χ0) is 22.1. The van der Waals surface area contributed by atoms with Crippen molar-refractivity contribution in [2.45, 2.75) is 13.0 Å². The predicted molar refractivity (Wildman–Crippen MR) is 121 cm³/mol. The molecule has 1 fully saturated rings. The fraction of sp³-hybridized carbons (Fsp3) is 0.125. The molecule has 1 aliphatic heterocycles. The number of aromatic nitrogens is 1. The Balaban J connectivity index is 1.93. The molecule has 7 heteroatoms. The number of pyridine rings is 1. The van der Waals surface area contributed by atoms with Gasteiger partial charge < -0.3 is 9.84 Å². The smallest absolute Gasteiger partial charge is 0.300 e. The Morgan fingerprint density at radius 2 is 1.94 bits per heavy atom. The standard InChI is InChI=1S/C24H19BrN2O4/c1-14-11-15(8-9-19(14)31-2)22(28)20-21(16-5-4-10-26-13-16)27(24(30)23(20)29)18-7-3-6-17(25)12-18/h3-13,21,28H,1-2H3/b22-20+. The number of ketones is 1. The maximum absolute atomic E-state index is 13.1. The Labute approximate surface area is 187 Å². The number of amides is 1. The molecular formula is C24H19BrN2O4. The van der Waals surface area contributed by atoms with Gasteiger partial charge in [0.05, 0.1) is 18.7 Å². The quantitative estimate of drug-likeness (QED) is 0.331. The number of ether oxygens (including phenoxy) is 1. The van der Waals surface area contributed by atoms with Gasteiger partial charge in [-0.3, -0.25) is 19.5 Å². The van der Waals surface area contributed by atoms with Crippen molar-refractivity contribution in [2.75, 3.05) is 12.0 Å². The number of carbonyl (C=O) groups excluding carboxylic acids is 2. The number of aliphatic hydroxyl groups excluding tert-OH is 1. The summed E-state index contributed by atoms with van der Waals surface area (Å²) in [6.07, 6.45) is 3.20. The molecule has 1 aromatic heterocycles. The van der Waals surface area contributed by atoms with Crippen LogP contribution in [-0.2, 0) is 9.59 Å². The van der Waals surface area contributed by atoms with E-state index in [1.165, 1.54) is 4.90 Å². The normalized spacial score (nSPS) is 17.8. The molecule has 3 aromatic rings. The fourth-order valence-corrected chi connectivity index (χ4v) is 4.15. The molecule has 1 atom stereocenters. The number of aliphatic hydroxyl groups is 1. The zero-order valence-corrected chi connectivity index (χ0v) is 18.5. The highest BCUT2D eigenvalue weighted by molar-refractivity contribution is 9.10. The van der Waals surface area contributed by atoms with Crippen LogP contribution in [0, 0.1) is 6.92 Å². The third kappa shape index (κ3) is 3.72. The Hall–Kier alpha value is -3.45. The lowest BCUT2D eigenvalue weighted by Crippen LogP contribution is -2.29. The van der Waals surface area contributed by atoms with Gasteiger partial charge in [0, 0.05) is 28.1 Å². The van der Waals surface area contributed by atoms with Gasteiger partial charge in [-0.25, -0.2) is 0 Å². The molecule has 0 radical (unpaired) electrons. The van der Waals surface area contributed by atoms with Gasteiger partial charge in [0.2, 0.25) is 0 Å². The first-order valence-electron chi connectivity index (χ1n) is 9.54. The number of rotatable bonds is 4. The molecule has 0 saturated carbocycles. The summed E-state index contributed by atoms with van der Waals surface area (Å²) in [6, 6.07) is 14.9. The van der Waals surface area contributed by atoms with E-state index in [9.17, 15) is 14.7 Å². The third-order valence-electron chi connectivity index (χ3n) is 5.20. The number of methoxy groups -OCH3 is 1. The number of benzene rings is 2. The number of aryl methyl sites for hydroxylation is 1. The number of nitrogens with zero attached hydrogens (tertiary/aromatic N) is 2. The van der Waals surface area contributed by atoms with E-state index in [4.69, 9.17) is 4.74 Å². The molecule has 1 aliphatic rings. The predicted octanol–water partition coefficient (Wildman–Crippen LogP) is 4.79. The van der Waals surface area contributed by atoms with Crippen LogP contribution in [-0.4, -0.2) is 28.9 Å². The van der Waals surface area contributed by atoms with Crippen molar-refractivity contribution in [3.63, 3.8) is 0 Å². The Kier molecular flexibility index (Phi) is 5.61. The van der Waals surface area contributed by atoms with Gasteiger partial charge in [0.1, 0.15) is 11.5 Å². The van der Waals surface area contributed by atoms with Crippen molar-refractivity contribution in [3.05, 3.63) is 93.7 Å². The first-order valence-corrected chi connectivity index (χ1v) is 10.3. The van der Waals surface area contributed by atoms with Crippen molar-refractivity contribution in [1.82, 2.24) is 4.98 Å². The molecule has 1 unspecified atom stereocenters. The second kappa shape index (κ2) is 8.35. The van der Waals surface area contributed by atoms with Crippen LogP contribution in [0.25, 0.3) is 5.76 Å². The van der Waals surface area contributed by atoms with E-state index in [0.29, 0.717) is 22.6 Å². The van der Waals surface area contributed by atoms with Gasteiger partial charge in [-0.05, 0) is 60.5 Å². The molecule has 0 bridgehead atoms. The number of carbonyl (C=O) groups is 2. The average Bonchev–Trinajstić information content (AvgIpc) is 3.04. The topological polar surface area (TPSA) is 79.7 Å². The lowest BCUT2D eigenvalue weighted by molar-refractivity contribution is -0.132. The SMILES string of the molecule is COc1ccc(/C(O)=C2\C(=O)C(=O)N(c3cccc(Br)c3)C2c2cccnc2)cc1C. The molecule has 1 N–H and O–H groups in total. The minimum absolute atomic E-state index is 0.0162. The lowest BCUT2D eigenvalue weighted by atomic mass is 9.95. The number of halogens is 1. The van der Waals surface area contributed by atoms with Gasteiger partial charge in [-0.15, -0.1) is 0 Å². The molecule has 31 heavy (non-hydrogen) atoms. The number of hydrogen-bond donors (Lipinski definition) is 1. The van der Waals surface area contributed by atoms with Crippen molar-refractivity contribution in [1.29, 1.82) is 0 Å². The second-order valence-electron chi connectivity index (χ2n) is 7.12. The molecule has 4 rings (SSSR count). The molecule has 1 amide bonds. The number of Topliss-reactive ketones (excluding diaryl/α,β-unsaturated/α-hetero) is 1. The third-order valence-corrected chi connectivity index (χ3v) is 5.69. The summed E-state index contributed by atoms with van der Waals surface area (Å²) in [5.74, 6) is -1.04. The molecule has 2 heterocycles. The number of hydrogen-bond acceptors (Lipinski definition) is 5. The van der Waals surface area contributed by atoms with Crippen molar-refractivity contribution >= 4 is 39.1 Å². The van der Waals surface area contributed by atoms with Crippen molar-refractivity contribution < 1.29 is 19.4 Å². The maximum atomic E-state index is 13.1. The van der Waals surface area contributed by atoms with Crippen LogP contribution in [0.3, 0.4) is 0 Å². The average molecular weight is 479 g/mol. The second-order valence-corrected chi connectivity index (χ2v) is 8.04. The molecule has 1 saturated heterocycles.